The van der Waals surface area contributed by atoms with Gasteiger partial charge in [0.15, 0.2) is 5.96 Å². The van der Waals surface area contributed by atoms with Crippen LogP contribution >= 0.6 is 11.8 Å². The first kappa shape index (κ1) is 17.5. The summed E-state index contributed by atoms with van der Waals surface area (Å²) in [6.07, 6.45) is -5.00. The molecule has 0 saturated carbocycles. The van der Waals surface area contributed by atoms with Crippen LogP contribution < -0.4 is 5.32 Å². The molecule has 1 atom stereocenters. The maximum Gasteiger partial charge on any atom is 0.390 e. The molecule has 0 bridgehead atoms. The number of alkyl halides is 3. The van der Waals surface area contributed by atoms with Gasteiger partial charge in [-0.25, -0.2) is 0 Å². The SMILES string of the molecule is CCNC(=NCCC(F)(F)F)N1CCSC(C(C)C)C1. The molecule has 0 aromatic carbocycles. The van der Waals surface area contributed by atoms with Crippen LogP contribution in [0.2, 0.25) is 0 Å². The van der Waals surface area contributed by atoms with Crippen molar-refractivity contribution in [3.63, 3.8) is 0 Å². The molecule has 1 aliphatic heterocycles. The summed E-state index contributed by atoms with van der Waals surface area (Å²) in [5, 5.41) is 3.61. The molecular weight excluding hydrogens is 287 g/mol. The number of guanidine groups is 1. The lowest BCUT2D eigenvalue weighted by Crippen LogP contribution is -2.49. The van der Waals surface area contributed by atoms with Gasteiger partial charge in [0.25, 0.3) is 0 Å². The van der Waals surface area contributed by atoms with Crippen molar-refractivity contribution in [2.24, 2.45) is 10.9 Å². The third-order valence-corrected chi connectivity index (χ3v) is 4.67. The fraction of sp³-hybridized carbons (Fsp3) is 0.923. The Morgan fingerprint density at radius 3 is 2.70 bits per heavy atom. The molecule has 1 N–H and O–H groups in total. The van der Waals surface area contributed by atoms with E-state index in [9.17, 15) is 13.2 Å². The summed E-state index contributed by atoms with van der Waals surface area (Å²) in [7, 11) is 0. The van der Waals surface area contributed by atoms with E-state index in [1.165, 1.54) is 0 Å². The number of rotatable bonds is 4. The molecule has 1 fully saturated rings. The van der Waals surface area contributed by atoms with Crippen LogP contribution in [0.3, 0.4) is 0 Å². The minimum absolute atomic E-state index is 0.207. The maximum atomic E-state index is 12.2. The second kappa shape index (κ2) is 8.00. The number of nitrogens with zero attached hydrogens (tertiary/aromatic N) is 2. The van der Waals surface area contributed by atoms with Crippen LogP contribution in [0, 0.1) is 5.92 Å². The minimum Gasteiger partial charge on any atom is -0.357 e. The van der Waals surface area contributed by atoms with Gasteiger partial charge in [-0.05, 0) is 12.8 Å². The van der Waals surface area contributed by atoms with Gasteiger partial charge >= 0.3 is 6.18 Å². The predicted octanol–water partition coefficient (Wildman–Crippen LogP) is 2.98. The molecule has 1 saturated heterocycles. The zero-order valence-corrected chi connectivity index (χ0v) is 13.2. The first-order valence-corrected chi connectivity index (χ1v) is 8.10. The maximum absolute atomic E-state index is 12.2. The minimum atomic E-state index is -4.14. The van der Waals surface area contributed by atoms with E-state index in [1.54, 1.807) is 0 Å². The quantitative estimate of drug-likeness (QED) is 0.639. The summed E-state index contributed by atoms with van der Waals surface area (Å²) in [6.45, 7) is 8.43. The Balaban J connectivity index is 2.62. The second-order valence-electron chi connectivity index (χ2n) is 5.20. The van der Waals surface area contributed by atoms with Gasteiger partial charge in [-0.2, -0.15) is 24.9 Å². The van der Waals surface area contributed by atoms with Gasteiger partial charge in [-0.3, -0.25) is 4.99 Å². The predicted molar refractivity (Wildman–Crippen MR) is 79.3 cm³/mol. The molecule has 20 heavy (non-hydrogen) atoms. The van der Waals surface area contributed by atoms with E-state index in [0.717, 1.165) is 18.8 Å². The highest BCUT2D eigenvalue weighted by atomic mass is 32.2. The van der Waals surface area contributed by atoms with Crippen LogP contribution in [0.25, 0.3) is 0 Å². The van der Waals surface area contributed by atoms with Crippen LogP contribution in [-0.4, -0.2) is 54.2 Å². The average Bonchev–Trinajstić information content (AvgIpc) is 2.36. The Labute approximate surface area is 123 Å². The fourth-order valence-corrected chi connectivity index (χ4v) is 3.28. The molecule has 7 heteroatoms. The molecule has 118 valence electrons. The van der Waals surface area contributed by atoms with E-state index in [4.69, 9.17) is 0 Å². The number of halogens is 3. The highest BCUT2D eigenvalue weighted by Gasteiger charge is 2.27. The van der Waals surface area contributed by atoms with Crippen molar-refractivity contribution in [3.05, 3.63) is 0 Å². The molecule has 1 rings (SSSR count). The molecule has 0 aliphatic carbocycles. The number of hydrogen-bond acceptors (Lipinski definition) is 2. The van der Waals surface area contributed by atoms with Crippen LogP contribution in [0.1, 0.15) is 27.2 Å². The number of nitrogens with one attached hydrogen (secondary N) is 1. The van der Waals surface area contributed by atoms with Gasteiger partial charge in [-0.15, -0.1) is 0 Å². The van der Waals surface area contributed by atoms with Gasteiger partial charge in [0.05, 0.1) is 13.0 Å². The molecular formula is C13H24F3N3S. The summed E-state index contributed by atoms with van der Waals surface area (Å²) >= 11 is 1.93. The van der Waals surface area contributed by atoms with Gasteiger partial charge in [0.1, 0.15) is 0 Å². The lowest BCUT2D eigenvalue weighted by atomic mass is 10.1. The van der Waals surface area contributed by atoms with Gasteiger partial charge in [0.2, 0.25) is 0 Å². The largest absolute Gasteiger partial charge is 0.390 e. The summed E-state index contributed by atoms with van der Waals surface area (Å²) < 4.78 is 36.6. The van der Waals surface area contributed by atoms with E-state index in [1.807, 2.05) is 18.7 Å². The summed E-state index contributed by atoms with van der Waals surface area (Å²) in [6, 6.07) is 0. The monoisotopic (exact) mass is 311 g/mol. The van der Waals surface area contributed by atoms with Crippen molar-refractivity contribution >= 4 is 17.7 Å². The van der Waals surface area contributed by atoms with Crippen LogP contribution in [0.5, 0.6) is 0 Å². The Morgan fingerprint density at radius 2 is 2.15 bits per heavy atom. The number of thioether (sulfide) groups is 1. The highest BCUT2D eigenvalue weighted by molar-refractivity contribution is 8.00. The Hall–Kier alpha value is -0.590. The summed E-state index contributed by atoms with van der Waals surface area (Å²) in [5.74, 6) is 2.16. The third-order valence-electron chi connectivity index (χ3n) is 3.13. The first-order chi connectivity index (χ1) is 9.33. The van der Waals surface area contributed by atoms with Crippen molar-refractivity contribution in [3.8, 4) is 0 Å². The zero-order valence-electron chi connectivity index (χ0n) is 12.3. The van der Waals surface area contributed by atoms with Crippen molar-refractivity contribution in [1.82, 2.24) is 10.2 Å². The highest BCUT2D eigenvalue weighted by Crippen LogP contribution is 2.25. The molecule has 0 spiro atoms. The van der Waals surface area contributed by atoms with Crippen molar-refractivity contribution in [1.29, 1.82) is 0 Å². The normalized spacial score (nSPS) is 21.4. The zero-order chi connectivity index (χ0) is 15.2. The van der Waals surface area contributed by atoms with Crippen molar-refractivity contribution in [2.45, 2.75) is 38.6 Å². The molecule has 1 unspecified atom stereocenters. The van der Waals surface area contributed by atoms with E-state index >= 15 is 0 Å². The standard InChI is InChI=1S/C13H24F3N3S/c1-4-17-12(18-6-5-13(14,15)16)19-7-8-20-11(9-19)10(2)3/h10-11H,4-9H2,1-3H3,(H,17,18). The van der Waals surface area contributed by atoms with Gasteiger partial charge in [0, 0.05) is 30.6 Å². The van der Waals surface area contributed by atoms with Gasteiger partial charge < -0.3 is 10.2 Å². The average molecular weight is 311 g/mol. The Kier molecular flexibility index (Phi) is 6.99. The Morgan fingerprint density at radius 1 is 1.45 bits per heavy atom. The van der Waals surface area contributed by atoms with E-state index in [2.05, 4.69) is 29.1 Å². The lowest BCUT2D eigenvalue weighted by Gasteiger charge is -2.36. The molecule has 3 nitrogen and oxygen atoms in total. The van der Waals surface area contributed by atoms with Crippen LogP contribution in [0.15, 0.2) is 4.99 Å². The van der Waals surface area contributed by atoms with E-state index < -0.39 is 12.6 Å². The molecule has 1 aliphatic rings. The molecule has 0 amide bonds. The van der Waals surface area contributed by atoms with Crippen LogP contribution in [0.4, 0.5) is 13.2 Å². The molecule has 0 aromatic heterocycles. The molecule has 0 aromatic rings. The first-order valence-electron chi connectivity index (χ1n) is 7.05. The molecule has 1 heterocycles. The molecule has 0 radical (unpaired) electrons. The summed E-state index contributed by atoms with van der Waals surface area (Å²) in [5.41, 5.74) is 0. The number of hydrogen-bond donors (Lipinski definition) is 1. The topological polar surface area (TPSA) is 27.6 Å². The summed E-state index contributed by atoms with van der Waals surface area (Å²) in [4.78, 5) is 6.20. The van der Waals surface area contributed by atoms with E-state index in [0.29, 0.717) is 23.7 Å². The smallest absolute Gasteiger partial charge is 0.357 e. The van der Waals surface area contributed by atoms with Crippen LogP contribution in [-0.2, 0) is 0 Å². The number of aliphatic imine (C=N–C) groups is 1. The second-order valence-corrected chi connectivity index (χ2v) is 6.55. The third kappa shape index (κ3) is 6.24. The van der Waals surface area contributed by atoms with Gasteiger partial charge in [-0.1, -0.05) is 13.8 Å². The van der Waals surface area contributed by atoms with E-state index in [-0.39, 0.29) is 6.54 Å². The lowest BCUT2D eigenvalue weighted by molar-refractivity contribution is -0.132. The van der Waals surface area contributed by atoms with Crippen molar-refractivity contribution < 1.29 is 13.2 Å². The van der Waals surface area contributed by atoms with Crippen molar-refractivity contribution in [2.75, 3.05) is 31.9 Å². The Bertz CT molecular complexity index is 318. The fourth-order valence-electron chi connectivity index (χ4n) is 1.99.